The summed E-state index contributed by atoms with van der Waals surface area (Å²) in [6.45, 7) is 11.9. The van der Waals surface area contributed by atoms with Gasteiger partial charge in [-0.3, -0.25) is 9.52 Å². The Morgan fingerprint density at radius 2 is 1.64 bits per heavy atom. The minimum absolute atomic E-state index is 0.0384. The van der Waals surface area contributed by atoms with Crippen LogP contribution in [0.3, 0.4) is 0 Å². The van der Waals surface area contributed by atoms with Crippen LogP contribution in [-0.4, -0.2) is 20.9 Å². The summed E-state index contributed by atoms with van der Waals surface area (Å²) in [5.41, 5.74) is 4.29. The molecule has 0 radical (unpaired) electrons. The lowest BCUT2D eigenvalue weighted by Gasteiger charge is -2.26. The van der Waals surface area contributed by atoms with Crippen molar-refractivity contribution in [3.8, 4) is 0 Å². The van der Waals surface area contributed by atoms with Crippen molar-refractivity contribution in [1.29, 1.82) is 0 Å². The third-order valence-corrected chi connectivity index (χ3v) is 6.68. The molecule has 0 atom stereocenters. The zero-order valence-corrected chi connectivity index (χ0v) is 18.2. The molecule has 0 bridgehead atoms. The molecule has 1 aliphatic rings. The van der Waals surface area contributed by atoms with E-state index in [-0.39, 0.29) is 5.91 Å². The first-order valence-electron chi connectivity index (χ1n) is 9.46. The van der Waals surface area contributed by atoms with E-state index in [4.69, 9.17) is 0 Å². The molecule has 2 aromatic carbocycles. The summed E-state index contributed by atoms with van der Waals surface area (Å²) >= 11 is 0. The van der Waals surface area contributed by atoms with Gasteiger partial charge in [0.1, 0.15) is 0 Å². The number of carbonyl (C=O) groups is 1. The van der Waals surface area contributed by atoms with Gasteiger partial charge < -0.3 is 4.90 Å². The minimum atomic E-state index is -3.73. The molecule has 150 valence electrons. The first-order valence-corrected chi connectivity index (χ1v) is 10.9. The Morgan fingerprint density at radius 1 is 1.04 bits per heavy atom. The predicted octanol–water partition coefficient (Wildman–Crippen LogP) is 4.35. The van der Waals surface area contributed by atoms with E-state index >= 15 is 0 Å². The lowest BCUT2D eigenvalue weighted by molar-refractivity contribution is -0.125. The van der Waals surface area contributed by atoms with E-state index in [0.29, 0.717) is 17.1 Å². The maximum absolute atomic E-state index is 13.0. The predicted molar refractivity (Wildman–Crippen MR) is 113 cm³/mol. The van der Waals surface area contributed by atoms with Crippen LogP contribution in [0.1, 0.15) is 43.0 Å². The maximum Gasteiger partial charge on any atom is 0.262 e. The van der Waals surface area contributed by atoms with E-state index in [1.54, 1.807) is 30.9 Å². The van der Waals surface area contributed by atoms with Crippen molar-refractivity contribution in [3.63, 3.8) is 0 Å². The van der Waals surface area contributed by atoms with Gasteiger partial charge in [-0.1, -0.05) is 44.5 Å². The van der Waals surface area contributed by atoms with Crippen LogP contribution >= 0.6 is 0 Å². The molecule has 0 saturated heterocycles. The van der Waals surface area contributed by atoms with Crippen LogP contribution < -0.4 is 9.62 Å². The van der Waals surface area contributed by atoms with Crippen LogP contribution in [0.2, 0.25) is 0 Å². The summed E-state index contributed by atoms with van der Waals surface area (Å²) in [6, 6.07) is 9.17. The van der Waals surface area contributed by atoms with E-state index in [0.717, 1.165) is 34.4 Å². The maximum atomic E-state index is 13.0. The standard InChI is InChI=1S/C22H28N2O3S/c1-14-11-15(2)20(16(3)12-14)28(26,27)23-18-8-7-17-9-10-24(19(17)13-18)21(25)22(4,5)6/h7-8,11-13,23H,9-10H2,1-6H3. The van der Waals surface area contributed by atoms with Gasteiger partial charge in [-0.25, -0.2) is 8.42 Å². The Hall–Kier alpha value is -2.34. The van der Waals surface area contributed by atoms with Crippen LogP contribution in [-0.2, 0) is 21.2 Å². The first-order chi connectivity index (χ1) is 12.9. The van der Waals surface area contributed by atoms with E-state index in [1.165, 1.54) is 0 Å². The normalized spacial score (nSPS) is 14.1. The molecular formula is C22H28N2O3S. The van der Waals surface area contributed by atoms with Crippen molar-refractivity contribution in [2.24, 2.45) is 5.41 Å². The lowest BCUT2D eigenvalue weighted by atomic mass is 9.94. The molecule has 0 fully saturated rings. The van der Waals surface area contributed by atoms with Gasteiger partial charge in [0, 0.05) is 17.6 Å². The summed E-state index contributed by atoms with van der Waals surface area (Å²) in [6.07, 6.45) is 0.778. The molecule has 1 heterocycles. The van der Waals surface area contributed by atoms with E-state index < -0.39 is 15.4 Å². The van der Waals surface area contributed by atoms with Gasteiger partial charge in [0.25, 0.3) is 10.0 Å². The topological polar surface area (TPSA) is 66.5 Å². The van der Waals surface area contributed by atoms with Gasteiger partial charge in [-0.15, -0.1) is 0 Å². The molecule has 0 saturated carbocycles. The average Bonchev–Trinajstić information content (AvgIpc) is 2.94. The number of rotatable bonds is 3. The van der Waals surface area contributed by atoms with Gasteiger partial charge >= 0.3 is 0 Å². The summed E-state index contributed by atoms with van der Waals surface area (Å²) in [7, 11) is -3.73. The summed E-state index contributed by atoms with van der Waals surface area (Å²) in [5.74, 6) is 0.0384. The third-order valence-electron chi connectivity index (χ3n) is 4.99. The SMILES string of the molecule is Cc1cc(C)c(S(=O)(=O)Nc2ccc3c(c2)N(C(=O)C(C)(C)C)CC3)c(C)c1. The van der Waals surface area contributed by atoms with Gasteiger partial charge in [0.05, 0.1) is 10.6 Å². The lowest BCUT2D eigenvalue weighted by Crippen LogP contribution is -2.38. The van der Waals surface area contributed by atoms with Crippen LogP contribution in [0.4, 0.5) is 11.4 Å². The number of nitrogens with one attached hydrogen (secondary N) is 1. The molecule has 3 rings (SSSR count). The quantitative estimate of drug-likeness (QED) is 0.833. The first kappa shape index (κ1) is 20.4. The number of carbonyl (C=O) groups excluding carboxylic acids is 1. The molecule has 1 N–H and O–H groups in total. The molecule has 0 aromatic heterocycles. The molecule has 2 aromatic rings. The molecule has 0 spiro atoms. The Morgan fingerprint density at radius 3 is 2.21 bits per heavy atom. The van der Waals surface area contributed by atoms with Crippen molar-refractivity contribution >= 4 is 27.3 Å². The highest BCUT2D eigenvalue weighted by molar-refractivity contribution is 7.92. The Labute approximate surface area is 167 Å². The zero-order chi connectivity index (χ0) is 20.9. The number of nitrogens with zero attached hydrogens (tertiary/aromatic N) is 1. The molecule has 1 aliphatic heterocycles. The highest BCUT2D eigenvalue weighted by Crippen LogP contribution is 2.35. The average molecular weight is 401 g/mol. The molecule has 0 aliphatic carbocycles. The summed E-state index contributed by atoms with van der Waals surface area (Å²) in [4.78, 5) is 14.8. The molecule has 1 amide bonds. The van der Waals surface area contributed by atoms with Crippen LogP contribution in [0.25, 0.3) is 0 Å². The third kappa shape index (κ3) is 3.78. The Bertz CT molecular complexity index is 1030. The van der Waals surface area contributed by atoms with Crippen molar-refractivity contribution < 1.29 is 13.2 Å². The monoisotopic (exact) mass is 400 g/mol. The fourth-order valence-corrected chi connectivity index (χ4v) is 5.36. The fourth-order valence-electron chi connectivity index (χ4n) is 3.86. The number of hydrogen-bond acceptors (Lipinski definition) is 3. The molecule has 6 heteroatoms. The van der Waals surface area contributed by atoms with Gasteiger partial charge in [-0.05, 0) is 56.0 Å². The number of amides is 1. The largest absolute Gasteiger partial charge is 0.311 e. The van der Waals surface area contributed by atoms with Gasteiger partial charge in [-0.2, -0.15) is 0 Å². The number of anilines is 2. The summed E-state index contributed by atoms with van der Waals surface area (Å²) in [5, 5.41) is 0. The second kappa shape index (κ2) is 6.92. The smallest absolute Gasteiger partial charge is 0.262 e. The van der Waals surface area contributed by atoms with E-state index in [9.17, 15) is 13.2 Å². The summed E-state index contributed by atoms with van der Waals surface area (Å²) < 4.78 is 28.8. The van der Waals surface area contributed by atoms with Gasteiger partial charge in [0.15, 0.2) is 0 Å². The van der Waals surface area contributed by atoms with Gasteiger partial charge in [0.2, 0.25) is 5.91 Å². The van der Waals surface area contributed by atoms with Crippen LogP contribution in [0.15, 0.2) is 35.2 Å². The highest BCUT2D eigenvalue weighted by Gasteiger charge is 2.32. The van der Waals surface area contributed by atoms with Crippen molar-refractivity contribution in [2.45, 2.75) is 52.9 Å². The number of sulfonamides is 1. The zero-order valence-electron chi connectivity index (χ0n) is 17.4. The van der Waals surface area contributed by atoms with Crippen LogP contribution in [0.5, 0.6) is 0 Å². The number of hydrogen-bond donors (Lipinski definition) is 1. The number of aryl methyl sites for hydroxylation is 3. The highest BCUT2D eigenvalue weighted by atomic mass is 32.2. The number of fused-ring (bicyclic) bond motifs is 1. The fraction of sp³-hybridized carbons (Fsp3) is 0.409. The van der Waals surface area contributed by atoms with E-state index in [1.807, 2.05) is 45.9 Å². The minimum Gasteiger partial charge on any atom is -0.311 e. The molecule has 28 heavy (non-hydrogen) atoms. The molecular weight excluding hydrogens is 372 g/mol. The van der Waals surface area contributed by atoms with Crippen LogP contribution in [0, 0.1) is 26.2 Å². The number of benzene rings is 2. The Kier molecular flexibility index (Phi) is 5.04. The van der Waals surface area contributed by atoms with Crippen molar-refractivity contribution in [1.82, 2.24) is 0 Å². The van der Waals surface area contributed by atoms with Crippen molar-refractivity contribution in [3.05, 3.63) is 52.6 Å². The van der Waals surface area contributed by atoms with E-state index in [2.05, 4.69) is 4.72 Å². The molecule has 5 nitrogen and oxygen atoms in total. The van der Waals surface area contributed by atoms with Crippen molar-refractivity contribution in [2.75, 3.05) is 16.2 Å². The second-order valence-electron chi connectivity index (χ2n) is 8.63. The molecule has 0 unspecified atom stereocenters. The Balaban J connectivity index is 1.96. The second-order valence-corrected chi connectivity index (χ2v) is 10.3.